The Kier molecular flexibility index (Phi) is 2.51. The maximum Gasteiger partial charge on any atom is 0.136 e. The normalized spacial score (nSPS) is 32.6. The van der Waals surface area contributed by atoms with Gasteiger partial charge in [0.2, 0.25) is 0 Å². The molecule has 4 nitrogen and oxygen atoms in total. The zero-order chi connectivity index (χ0) is 9.26. The number of amidine groups is 1. The highest BCUT2D eigenvalue weighted by atomic mass is 35.5. The van der Waals surface area contributed by atoms with Crippen LogP contribution in [0.1, 0.15) is 13.3 Å². The Balaban J connectivity index is 2.03. The van der Waals surface area contributed by atoms with Crippen LogP contribution in [0.2, 0.25) is 0 Å². The third kappa shape index (κ3) is 1.69. The van der Waals surface area contributed by atoms with Gasteiger partial charge in [0.15, 0.2) is 0 Å². The van der Waals surface area contributed by atoms with Crippen LogP contribution < -0.4 is 5.43 Å². The fourth-order valence-electron chi connectivity index (χ4n) is 1.64. The number of alkyl halides is 1. The second-order valence-electron chi connectivity index (χ2n) is 3.32. The molecule has 2 heterocycles. The first kappa shape index (κ1) is 8.97. The molecule has 0 radical (unpaired) electrons. The minimum Gasteiger partial charge on any atom is -0.306 e. The minimum absolute atomic E-state index is 0.151. The molecule has 2 aliphatic rings. The van der Waals surface area contributed by atoms with Crippen molar-refractivity contribution >= 4 is 23.8 Å². The summed E-state index contributed by atoms with van der Waals surface area (Å²) in [5, 5.41) is 2.15. The number of halogens is 1. The zero-order valence-electron chi connectivity index (χ0n) is 7.57. The molecule has 0 aromatic rings. The van der Waals surface area contributed by atoms with E-state index in [1.165, 1.54) is 6.34 Å². The van der Waals surface area contributed by atoms with Gasteiger partial charge in [0, 0.05) is 13.1 Å². The molecule has 1 fully saturated rings. The molecule has 0 saturated carbocycles. The van der Waals surface area contributed by atoms with Crippen LogP contribution in [-0.2, 0) is 0 Å². The van der Waals surface area contributed by atoms with Crippen LogP contribution in [-0.4, -0.2) is 35.8 Å². The molecule has 1 N–H and O–H groups in total. The standard InChI is InChI=1S/C8H13ClN4/c1-2-3-13-4-6-7(9)10-5-11-8(6)12-13/h5-7H,2-4H2,1H3,(H,10,11,12). The van der Waals surface area contributed by atoms with E-state index in [2.05, 4.69) is 27.3 Å². The first-order chi connectivity index (χ1) is 6.31. The average Bonchev–Trinajstić information content (AvgIpc) is 2.49. The number of nitrogens with one attached hydrogen (secondary N) is 1. The van der Waals surface area contributed by atoms with Gasteiger partial charge in [-0.2, -0.15) is 0 Å². The van der Waals surface area contributed by atoms with Crippen LogP contribution in [0.5, 0.6) is 0 Å². The molecule has 1 saturated heterocycles. The highest BCUT2D eigenvalue weighted by Gasteiger charge is 2.34. The van der Waals surface area contributed by atoms with Gasteiger partial charge < -0.3 is 5.43 Å². The van der Waals surface area contributed by atoms with Crippen molar-refractivity contribution in [2.75, 3.05) is 13.1 Å². The van der Waals surface area contributed by atoms with Crippen molar-refractivity contribution in [1.29, 1.82) is 0 Å². The van der Waals surface area contributed by atoms with E-state index in [0.717, 1.165) is 25.3 Å². The van der Waals surface area contributed by atoms with E-state index in [4.69, 9.17) is 11.6 Å². The molecule has 5 heteroatoms. The summed E-state index contributed by atoms with van der Waals surface area (Å²) < 4.78 is 0. The summed E-state index contributed by atoms with van der Waals surface area (Å²) in [5.41, 5.74) is 3.08. The lowest BCUT2D eigenvalue weighted by molar-refractivity contribution is 0.259. The third-order valence-corrected chi connectivity index (χ3v) is 2.69. The Morgan fingerprint density at radius 1 is 1.77 bits per heavy atom. The van der Waals surface area contributed by atoms with Gasteiger partial charge >= 0.3 is 0 Å². The van der Waals surface area contributed by atoms with Crippen molar-refractivity contribution in [1.82, 2.24) is 10.4 Å². The molecule has 2 atom stereocenters. The SMILES string of the molecule is CCCN1CC2C(=NC=NC2Cl)N1. The predicted molar refractivity (Wildman–Crippen MR) is 54.1 cm³/mol. The Morgan fingerprint density at radius 3 is 3.31 bits per heavy atom. The van der Waals surface area contributed by atoms with E-state index >= 15 is 0 Å². The Labute approximate surface area is 82.7 Å². The highest BCUT2D eigenvalue weighted by Crippen LogP contribution is 2.21. The highest BCUT2D eigenvalue weighted by molar-refractivity contribution is 6.23. The predicted octanol–water partition coefficient (Wildman–Crippen LogP) is 0.838. The van der Waals surface area contributed by atoms with Crippen molar-refractivity contribution in [3.8, 4) is 0 Å². The van der Waals surface area contributed by atoms with Crippen molar-refractivity contribution in [3.05, 3.63) is 0 Å². The largest absolute Gasteiger partial charge is 0.306 e. The molecule has 0 amide bonds. The van der Waals surface area contributed by atoms with Gasteiger partial charge in [-0.1, -0.05) is 18.5 Å². The summed E-state index contributed by atoms with van der Waals surface area (Å²) >= 11 is 6.04. The summed E-state index contributed by atoms with van der Waals surface area (Å²) in [6.07, 6.45) is 2.66. The van der Waals surface area contributed by atoms with Crippen LogP contribution in [0.4, 0.5) is 0 Å². The van der Waals surface area contributed by atoms with Gasteiger partial charge in [-0.15, -0.1) is 0 Å². The lowest BCUT2D eigenvalue weighted by atomic mass is 10.1. The molecule has 72 valence electrons. The molecule has 2 aliphatic heterocycles. The van der Waals surface area contributed by atoms with E-state index in [9.17, 15) is 0 Å². The van der Waals surface area contributed by atoms with Gasteiger partial charge in [-0.05, 0) is 6.42 Å². The third-order valence-electron chi connectivity index (χ3n) is 2.27. The van der Waals surface area contributed by atoms with Gasteiger partial charge in [0.1, 0.15) is 17.7 Å². The van der Waals surface area contributed by atoms with Crippen molar-refractivity contribution < 1.29 is 0 Å². The Bertz CT molecular complexity index is 251. The molecule has 2 rings (SSSR count). The maximum atomic E-state index is 6.04. The molecule has 13 heavy (non-hydrogen) atoms. The smallest absolute Gasteiger partial charge is 0.136 e. The van der Waals surface area contributed by atoms with E-state index in [1.807, 2.05) is 0 Å². The number of hydrogen-bond acceptors (Lipinski definition) is 4. The lowest BCUT2D eigenvalue weighted by Gasteiger charge is -2.14. The second-order valence-corrected chi connectivity index (χ2v) is 3.76. The minimum atomic E-state index is -0.151. The number of hydrazine groups is 1. The number of fused-ring (bicyclic) bond motifs is 1. The first-order valence-corrected chi connectivity index (χ1v) is 5.00. The van der Waals surface area contributed by atoms with E-state index in [-0.39, 0.29) is 11.4 Å². The topological polar surface area (TPSA) is 40.0 Å². The Morgan fingerprint density at radius 2 is 2.62 bits per heavy atom. The quantitative estimate of drug-likeness (QED) is 0.530. The number of aliphatic imine (C=N–C) groups is 2. The fourth-order valence-corrected chi connectivity index (χ4v) is 1.89. The molecule has 0 aromatic heterocycles. The van der Waals surface area contributed by atoms with Gasteiger partial charge in [0.25, 0.3) is 0 Å². The van der Waals surface area contributed by atoms with E-state index in [0.29, 0.717) is 0 Å². The fraction of sp³-hybridized carbons (Fsp3) is 0.750. The van der Waals surface area contributed by atoms with E-state index in [1.54, 1.807) is 0 Å². The second kappa shape index (κ2) is 3.64. The van der Waals surface area contributed by atoms with Gasteiger partial charge in [-0.3, -0.25) is 4.99 Å². The molecule has 0 spiro atoms. The Hall–Kier alpha value is -0.610. The number of hydrogen-bond donors (Lipinski definition) is 1. The van der Waals surface area contributed by atoms with Crippen LogP contribution in [0, 0.1) is 5.92 Å². The van der Waals surface area contributed by atoms with Gasteiger partial charge in [-0.25, -0.2) is 10.0 Å². The molecular weight excluding hydrogens is 188 g/mol. The zero-order valence-corrected chi connectivity index (χ0v) is 8.33. The monoisotopic (exact) mass is 200 g/mol. The molecule has 0 bridgehead atoms. The summed E-state index contributed by atoms with van der Waals surface area (Å²) in [5.74, 6) is 1.21. The summed E-state index contributed by atoms with van der Waals surface area (Å²) in [7, 11) is 0. The maximum absolute atomic E-state index is 6.04. The number of nitrogens with zero attached hydrogens (tertiary/aromatic N) is 3. The molecule has 2 unspecified atom stereocenters. The lowest BCUT2D eigenvalue weighted by Crippen LogP contribution is -2.34. The van der Waals surface area contributed by atoms with Crippen molar-refractivity contribution in [3.63, 3.8) is 0 Å². The average molecular weight is 201 g/mol. The van der Waals surface area contributed by atoms with Crippen molar-refractivity contribution in [2.45, 2.75) is 18.8 Å². The first-order valence-electron chi connectivity index (χ1n) is 4.56. The number of rotatable bonds is 2. The van der Waals surface area contributed by atoms with Crippen LogP contribution in [0.25, 0.3) is 0 Å². The molecule has 0 aromatic carbocycles. The summed E-state index contributed by atoms with van der Waals surface area (Å²) in [6, 6.07) is 0. The van der Waals surface area contributed by atoms with E-state index < -0.39 is 0 Å². The summed E-state index contributed by atoms with van der Waals surface area (Å²) in [6.45, 7) is 4.09. The molecule has 0 aliphatic carbocycles. The molecular formula is C8H13ClN4. The van der Waals surface area contributed by atoms with Crippen molar-refractivity contribution in [2.24, 2.45) is 15.9 Å². The van der Waals surface area contributed by atoms with Crippen LogP contribution in [0.15, 0.2) is 9.98 Å². The summed E-state index contributed by atoms with van der Waals surface area (Å²) in [4.78, 5) is 8.22. The van der Waals surface area contributed by atoms with Crippen LogP contribution in [0.3, 0.4) is 0 Å². The van der Waals surface area contributed by atoms with Gasteiger partial charge in [0.05, 0.1) is 5.92 Å². The van der Waals surface area contributed by atoms with Crippen LogP contribution >= 0.6 is 11.6 Å².